The first-order valence-electron chi connectivity index (χ1n) is 7.43. The summed E-state index contributed by atoms with van der Waals surface area (Å²) in [6.45, 7) is 5.08. The molecular formula is C16H22N2O2. The van der Waals surface area contributed by atoms with E-state index in [9.17, 15) is 4.79 Å². The summed E-state index contributed by atoms with van der Waals surface area (Å²) >= 11 is 0. The Morgan fingerprint density at radius 3 is 2.85 bits per heavy atom. The van der Waals surface area contributed by atoms with Crippen LogP contribution in [-0.4, -0.2) is 43.2 Å². The molecule has 2 aliphatic rings. The standard InChI is InChI=1S/C16H22N2O2/c1-12-10-18(16(19)14-7-8-17-9-14)15(11-20-12)13-5-3-2-4-6-13/h2-6,12,14-15,17H,7-11H2,1H3. The predicted molar refractivity (Wildman–Crippen MR) is 77.3 cm³/mol. The van der Waals surface area contributed by atoms with Gasteiger partial charge in [-0.1, -0.05) is 30.3 Å². The molecule has 3 rings (SSSR count). The minimum atomic E-state index is 0.0560. The number of nitrogens with one attached hydrogen (secondary N) is 1. The zero-order chi connectivity index (χ0) is 13.9. The van der Waals surface area contributed by atoms with Gasteiger partial charge in [-0.3, -0.25) is 4.79 Å². The third-order valence-electron chi connectivity index (χ3n) is 4.25. The fourth-order valence-corrected chi connectivity index (χ4v) is 3.10. The largest absolute Gasteiger partial charge is 0.374 e. The topological polar surface area (TPSA) is 41.6 Å². The number of rotatable bonds is 2. The average molecular weight is 274 g/mol. The van der Waals surface area contributed by atoms with Gasteiger partial charge in [0.1, 0.15) is 0 Å². The summed E-state index contributed by atoms with van der Waals surface area (Å²) in [5.41, 5.74) is 1.17. The zero-order valence-corrected chi connectivity index (χ0v) is 11.9. The van der Waals surface area contributed by atoms with Crippen LogP contribution in [0, 0.1) is 5.92 Å². The molecule has 4 heteroatoms. The van der Waals surface area contributed by atoms with Gasteiger partial charge in [0.05, 0.1) is 24.7 Å². The van der Waals surface area contributed by atoms with E-state index in [1.807, 2.05) is 30.0 Å². The number of nitrogens with zero attached hydrogens (tertiary/aromatic N) is 1. The lowest BCUT2D eigenvalue weighted by Gasteiger charge is -2.40. The van der Waals surface area contributed by atoms with E-state index in [4.69, 9.17) is 4.74 Å². The molecule has 0 radical (unpaired) electrons. The molecule has 0 saturated carbocycles. The number of carbonyl (C=O) groups excluding carboxylic acids is 1. The van der Waals surface area contributed by atoms with Crippen molar-refractivity contribution in [2.24, 2.45) is 5.92 Å². The second-order valence-corrected chi connectivity index (χ2v) is 5.75. The minimum absolute atomic E-state index is 0.0560. The van der Waals surface area contributed by atoms with Crippen LogP contribution in [0.2, 0.25) is 0 Å². The Morgan fingerprint density at radius 1 is 1.35 bits per heavy atom. The monoisotopic (exact) mass is 274 g/mol. The normalized spacial score (nSPS) is 30.4. The van der Waals surface area contributed by atoms with Crippen molar-refractivity contribution < 1.29 is 9.53 Å². The maximum atomic E-state index is 12.8. The van der Waals surface area contributed by atoms with Gasteiger partial charge < -0.3 is 15.0 Å². The van der Waals surface area contributed by atoms with Gasteiger partial charge in [-0.2, -0.15) is 0 Å². The van der Waals surface area contributed by atoms with Crippen LogP contribution in [0.4, 0.5) is 0 Å². The van der Waals surface area contributed by atoms with Crippen LogP contribution in [0.25, 0.3) is 0 Å². The molecule has 1 aromatic carbocycles. The molecule has 3 atom stereocenters. The van der Waals surface area contributed by atoms with Crippen molar-refractivity contribution in [3.8, 4) is 0 Å². The summed E-state index contributed by atoms with van der Waals surface area (Å²) in [5.74, 6) is 0.408. The van der Waals surface area contributed by atoms with E-state index in [1.165, 1.54) is 5.56 Å². The molecule has 0 aromatic heterocycles. The summed E-state index contributed by atoms with van der Waals surface area (Å²) in [6.07, 6.45) is 1.07. The quantitative estimate of drug-likeness (QED) is 0.890. The molecule has 0 aliphatic carbocycles. The Morgan fingerprint density at radius 2 is 2.15 bits per heavy atom. The maximum absolute atomic E-state index is 12.8. The lowest BCUT2D eigenvalue weighted by atomic mass is 10.00. The smallest absolute Gasteiger partial charge is 0.227 e. The van der Waals surface area contributed by atoms with Crippen LogP contribution < -0.4 is 5.32 Å². The second-order valence-electron chi connectivity index (χ2n) is 5.75. The molecular weight excluding hydrogens is 252 g/mol. The van der Waals surface area contributed by atoms with Crippen molar-refractivity contribution in [1.29, 1.82) is 0 Å². The second kappa shape index (κ2) is 5.94. The Balaban J connectivity index is 1.81. The van der Waals surface area contributed by atoms with Crippen LogP contribution in [-0.2, 0) is 9.53 Å². The van der Waals surface area contributed by atoms with E-state index < -0.39 is 0 Å². The number of amides is 1. The molecule has 1 aromatic rings. The van der Waals surface area contributed by atoms with Crippen molar-refractivity contribution in [2.75, 3.05) is 26.2 Å². The molecule has 108 valence electrons. The number of carbonyl (C=O) groups is 1. The molecule has 2 saturated heterocycles. The van der Waals surface area contributed by atoms with E-state index in [1.54, 1.807) is 0 Å². The van der Waals surface area contributed by atoms with Gasteiger partial charge in [0.15, 0.2) is 0 Å². The summed E-state index contributed by atoms with van der Waals surface area (Å²) in [7, 11) is 0. The molecule has 0 bridgehead atoms. The number of morpholine rings is 1. The van der Waals surface area contributed by atoms with Gasteiger partial charge in [0.2, 0.25) is 5.91 Å². The first kappa shape index (κ1) is 13.6. The molecule has 20 heavy (non-hydrogen) atoms. The summed E-state index contributed by atoms with van der Waals surface area (Å²) in [4.78, 5) is 14.8. The lowest BCUT2D eigenvalue weighted by molar-refractivity contribution is -0.148. The number of benzene rings is 1. The van der Waals surface area contributed by atoms with Gasteiger partial charge >= 0.3 is 0 Å². The maximum Gasteiger partial charge on any atom is 0.227 e. The predicted octanol–water partition coefficient (Wildman–Crippen LogP) is 1.58. The van der Waals surface area contributed by atoms with Crippen molar-refractivity contribution in [2.45, 2.75) is 25.5 Å². The molecule has 4 nitrogen and oxygen atoms in total. The van der Waals surface area contributed by atoms with Crippen LogP contribution in [0.15, 0.2) is 30.3 Å². The van der Waals surface area contributed by atoms with E-state index in [2.05, 4.69) is 17.4 Å². The third kappa shape index (κ3) is 2.72. The Hall–Kier alpha value is -1.39. The third-order valence-corrected chi connectivity index (χ3v) is 4.25. The SMILES string of the molecule is CC1CN(C(=O)C2CCNC2)C(c2ccccc2)CO1. The number of ether oxygens (including phenoxy) is 1. The zero-order valence-electron chi connectivity index (χ0n) is 11.9. The fraction of sp³-hybridized carbons (Fsp3) is 0.562. The summed E-state index contributed by atoms with van der Waals surface area (Å²) in [6, 6.07) is 10.3. The van der Waals surface area contributed by atoms with E-state index in [-0.39, 0.29) is 24.0 Å². The molecule has 1 amide bonds. The molecule has 2 fully saturated rings. The highest BCUT2D eigenvalue weighted by Gasteiger charge is 2.35. The minimum Gasteiger partial charge on any atom is -0.374 e. The summed E-state index contributed by atoms with van der Waals surface area (Å²) in [5, 5.41) is 3.28. The summed E-state index contributed by atoms with van der Waals surface area (Å²) < 4.78 is 5.78. The van der Waals surface area contributed by atoms with Crippen molar-refractivity contribution in [3.63, 3.8) is 0 Å². The molecule has 1 N–H and O–H groups in total. The number of hydrogen-bond donors (Lipinski definition) is 1. The molecule has 2 heterocycles. The van der Waals surface area contributed by atoms with Crippen LogP contribution >= 0.6 is 0 Å². The van der Waals surface area contributed by atoms with E-state index in [0.29, 0.717) is 13.2 Å². The first-order valence-corrected chi connectivity index (χ1v) is 7.43. The Kier molecular flexibility index (Phi) is 4.03. The average Bonchev–Trinajstić information content (AvgIpc) is 3.01. The van der Waals surface area contributed by atoms with Crippen LogP contribution in [0.3, 0.4) is 0 Å². The van der Waals surface area contributed by atoms with Gasteiger partial charge in [0.25, 0.3) is 0 Å². The van der Waals surface area contributed by atoms with E-state index >= 15 is 0 Å². The highest BCUT2D eigenvalue weighted by molar-refractivity contribution is 5.80. The molecule has 3 unspecified atom stereocenters. The van der Waals surface area contributed by atoms with Crippen LogP contribution in [0.1, 0.15) is 24.9 Å². The molecule has 2 aliphatic heterocycles. The Bertz CT molecular complexity index is 457. The highest BCUT2D eigenvalue weighted by Crippen LogP contribution is 2.28. The molecule has 0 spiro atoms. The Labute approximate surface area is 120 Å². The lowest BCUT2D eigenvalue weighted by Crippen LogP contribution is -2.49. The van der Waals surface area contributed by atoms with Gasteiger partial charge in [-0.15, -0.1) is 0 Å². The number of hydrogen-bond acceptors (Lipinski definition) is 3. The highest BCUT2D eigenvalue weighted by atomic mass is 16.5. The van der Waals surface area contributed by atoms with Gasteiger partial charge in [-0.05, 0) is 25.5 Å². The first-order chi connectivity index (χ1) is 9.75. The van der Waals surface area contributed by atoms with Gasteiger partial charge in [-0.25, -0.2) is 0 Å². The van der Waals surface area contributed by atoms with E-state index in [0.717, 1.165) is 19.5 Å². The fourth-order valence-electron chi connectivity index (χ4n) is 3.10. The van der Waals surface area contributed by atoms with Crippen LogP contribution in [0.5, 0.6) is 0 Å². The van der Waals surface area contributed by atoms with Crippen molar-refractivity contribution in [3.05, 3.63) is 35.9 Å². The van der Waals surface area contributed by atoms with Crippen molar-refractivity contribution >= 4 is 5.91 Å². The van der Waals surface area contributed by atoms with Gasteiger partial charge in [0, 0.05) is 13.1 Å². The van der Waals surface area contributed by atoms with Crippen molar-refractivity contribution in [1.82, 2.24) is 10.2 Å².